The fraction of sp³-hybridized carbons (Fsp3) is 0.300. The average Bonchev–Trinajstić information content (AvgIpc) is 2.66. The lowest BCUT2D eigenvalue weighted by molar-refractivity contribution is -0.151. The first kappa shape index (κ1) is 17.8. The Balaban J connectivity index is 1.92. The summed E-state index contributed by atoms with van der Waals surface area (Å²) in [6.45, 7) is 0.365. The van der Waals surface area contributed by atoms with E-state index in [0.717, 1.165) is 5.56 Å². The van der Waals surface area contributed by atoms with Gasteiger partial charge in [0.15, 0.2) is 6.04 Å². The predicted octanol–water partition coefficient (Wildman–Crippen LogP) is 2.46. The monoisotopic (exact) mass is 355 g/mol. The molecule has 6 heteroatoms. The molecule has 0 radical (unpaired) electrons. The highest BCUT2D eigenvalue weighted by molar-refractivity contribution is 5.87. The van der Waals surface area contributed by atoms with Crippen molar-refractivity contribution in [3.05, 3.63) is 59.2 Å². The van der Waals surface area contributed by atoms with Gasteiger partial charge in [-0.2, -0.15) is 0 Å². The van der Waals surface area contributed by atoms with Gasteiger partial charge in [-0.15, -0.1) is 0 Å². The molecule has 1 aliphatic heterocycles. The van der Waals surface area contributed by atoms with Crippen LogP contribution in [0.25, 0.3) is 0 Å². The molecule has 0 aliphatic carbocycles. The van der Waals surface area contributed by atoms with Gasteiger partial charge in [-0.05, 0) is 29.7 Å². The van der Waals surface area contributed by atoms with E-state index in [0.29, 0.717) is 35.6 Å². The summed E-state index contributed by atoms with van der Waals surface area (Å²) >= 11 is 0. The van der Waals surface area contributed by atoms with Crippen LogP contribution < -0.4 is 9.47 Å². The van der Waals surface area contributed by atoms with Gasteiger partial charge in [0.1, 0.15) is 11.5 Å². The van der Waals surface area contributed by atoms with Gasteiger partial charge in [-0.1, -0.05) is 30.3 Å². The predicted molar refractivity (Wildman–Crippen MR) is 95.5 cm³/mol. The van der Waals surface area contributed by atoms with E-state index in [1.807, 2.05) is 12.1 Å². The third kappa shape index (κ3) is 3.22. The van der Waals surface area contributed by atoms with Crippen LogP contribution in [-0.2, 0) is 22.4 Å². The number of carbonyl (C=O) groups excluding carboxylic acids is 1. The highest BCUT2D eigenvalue weighted by Gasteiger charge is 2.36. The van der Waals surface area contributed by atoms with Crippen molar-refractivity contribution in [2.24, 2.45) is 0 Å². The molecule has 3 rings (SSSR count). The Hall–Kier alpha value is -3.02. The molecule has 0 fully saturated rings. The molecule has 1 amide bonds. The van der Waals surface area contributed by atoms with E-state index >= 15 is 0 Å². The highest BCUT2D eigenvalue weighted by Crippen LogP contribution is 2.33. The number of nitrogens with zero attached hydrogens (tertiary/aromatic N) is 1. The van der Waals surface area contributed by atoms with Gasteiger partial charge in [-0.25, -0.2) is 4.79 Å². The zero-order valence-corrected chi connectivity index (χ0v) is 14.8. The van der Waals surface area contributed by atoms with Crippen LogP contribution in [0, 0.1) is 0 Å². The molecule has 1 atom stereocenters. The number of carbonyl (C=O) groups is 2. The number of hydrogen-bond acceptors (Lipinski definition) is 4. The largest absolute Gasteiger partial charge is 0.496 e. The molecule has 0 spiro atoms. The SMILES string of the molecule is COc1cccc(OC)c1CC(=O)N1CCc2ccccc2C1C(=O)O. The van der Waals surface area contributed by atoms with Gasteiger partial charge in [0.05, 0.1) is 20.6 Å². The van der Waals surface area contributed by atoms with E-state index in [1.165, 1.54) is 19.1 Å². The number of carboxylic acid groups (broad SMARTS) is 1. The third-order valence-corrected chi connectivity index (χ3v) is 4.70. The van der Waals surface area contributed by atoms with Crippen LogP contribution in [0.4, 0.5) is 0 Å². The third-order valence-electron chi connectivity index (χ3n) is 4.70. The molecule has 0 aromatic heterocycles. The number of methoxy groups -OCH3 is 2. The van der Waals surface area contributed by atoms with E-state index in [4.69, 9.17) is 9.47 Å². The molecular formula is C20H21NO5. The van der Waals surface area contributed by atoms with Crippen LogP contribution in [0.5, 0.6) is 11.5 Å². The molecular weight excluding hydrogens is 334 g/mol. The summed E-state index contributed by atoms with van der Waals surface area (Å²) in [5.74, 6) is -0.212. The van der Waals surface area contributed by atoms with Crippen molar-refractivity contribution >= 4 is 11.9 Å². The van der Waals surface area contributed by atoms with Gasteiger partial charge in [0, 0.05) is 12.1 Å². The number of amides is 1. The number of aliphatic carboxylic acids is 1. The second kappa shape index (κ2) is 7.47. The maximum atomic E-state index is 13.0. The molecule has 26 heavy (non-hydrogen) atoms. The van der Waals surface area contributed by atoms with Crippen LogP contribution >= 0.6 is 0 Å². The quantitative estimate of drug-likeness (QED) is 0.892. The second-order valence-electron chi connectivity index (χ2n) is 6.09. The van der Waals surface area contributed by atoms with Crippen LogP contribution in [0.15, 0.2) is 42.5 Å². The minimum Gasteiger partial charge on any atom is -0.496 e. The van der Waals surface area contributed by atoms with Crippen molar-refractivity contribution in [1.82, 2.24) is 4.90 Å². The van der Waals surface area contributed by atoms with E-state index in [2.05, 4.69) is 0 Å². The fourth-order valence-electron chi connectivity index (χ4n) is 3.46. The van der Waals surface area contributed by atoms with Crippen LogP contribution in [0.1, 0.15) is 22.7 Å². The Morgan fingerprint density at radius 2 is 1.73 bits per heavy atom. The molecule has 0 bridgehead atoms. The van der Waals surface area contributed by atoms with Crippen molar-refractivity contribution in [3.63, 3.8) is 0 Å². The molecule has 1 unspecified atom stereocenters. The number of carboxylic acids is 1. The Morgan fingerprint density at radius 3 is 2.35 bits per heavy atom. The lowest BCUT2D eigenvalue weighted by Gasteiger charge is -2.35. The normalized spacial score (nSPS) is 15.9. The van der Waals surface area contributed by atoms with Gasteiger partial charge in [-0.3, -0.25) is 4.79 Å². The first-order chi connectivity index (χ1) is 12.6. The lowest BCUT2D eigenvalue weighted by atomic mass is 9.92. The van der Waals surface area contributed by atoms with E-state index in [9.17, 15) is 14.7 Å². The molecule has 1 N–H and O–H groups in total. The van der Waals surface area contributed by atoms with Crippen molar-refractivity contribution in [2.75, 3.05) is 20.8 Å². The molecule has 6 nitrogen and oxygen atoms in total. The number of benzene rings is 2. The maximum Gasteiger partial charge on any atom is 0.331 e. The minimum atomic E-state index is -1.03. The Labute approximate surface area is 152 Å². The minimum absolute atomic E-state index is 0.0130. The topological polar surface area (TPSA) is 76.1 Å². The number of hydrogen-bond donors (Lipinski definition) is 1. The lowest BCUT2D eigenvalue weighted by Crippen LogP contribution is -2.44. The maximum absolute atomic E-state index is 13.0. The Bertz CT molecular complexity index is 810. The Kier molecular flexibility index (Phi) is 5.11. The van der Waals surface area contributed by atoms with Gasteiger partial charge < -0.3 is 19.5 Å². The van der Waals surface area contributed by atoms with Gasteiger partial charge in [0.2, 0.25) is 5.91 Å². The van der Waals surface area contributed by atoms with Crippen molar-refractivity contribution in [3.8, 4) is 11.5 Å². The molecule has 1 heterocycles. The summed E-state index contributed by atoms with van der Waals surface area (Å²) in [5.41, 5.74) is 2.26. The van der Waals surface area contributed by atoms with Crippen molar-refractivity contribution < 1.29 is 24.2 Å². The van der Waals surface area contributed by atoms with Crippen LogP contribution in [-0.4, -0.2) is 42.6 Å². The zero-order valence-electron chi connectivity index (χ0n) is 14.8. The molecule has 0 saturated carbocycles. The molecule has 136 valence electrons. The number of fused-ring (bicyclic) bond motifs is 1. The van der Waals surface area contributed by atoms with Gasteiger partial charge in [0.25, 0.3) is 0 Å². The van der Waals surface area contributed by atoms with Crippen molar-refractivity contribution in [2.45, 2.75) is 18.9 Å². The Morgan fingerprint density at radius 1 is 1.08 bits per heavy atom. The molecule has 2 aromatic carbocycles. The molecule has 2 aromatic rings. The summed E-state index contributed by atoms with van der Waals surface area (Å²) in [6.07, 6.45) is 0.647. The summed E-state index contributed by atoms with van der Waals surface area (Å²) < 4.78 is 10.7. The van der Waals surface area contributed by atoms with Crippen molar-refractivity contribution in [1.29, 1.82) is 0 Å². The van der Waals surface area contributed by atoms with E-state index in [1.54, 1.807) is 30.3 Å². The standard InChI is InChI=1S/C20H21NO5/c1-25-16-8-5-9-17(26-2)15(16)12-18(22)21-11-10-13-6-3-4-7-14(13)19(21)20(23)24/h3-9,19H,10-12H2,1-2H3,(H,23,24). The van der Waals surface area contributed by atoms with Gasteiger partial charge >= 0.3 is 5.97 Å². The van der Waals surface area contributed by atoms with E-state index in [-0.39, 0.29) is 12.3 Å². The highest BCUT2D eigenvalue weighted by atomic mass is 16.5. The second-order valence-corrected chi connectivity index (χ2v) is 6.09. The zero-order chi connectivity index (χ0) is 18.7. The first-order valence-electron chi connectivity index (χ1n) is 8.36. The number of ether oxygens (including phenoxy) is 2. The van der Waals surface area contributed by atoms with Crippen LogP contribution in [0.3, 0.4) is 0 Å². The molecule has 1 aliphatic rings. The summed E-state index contributed by atoms with van der Waals surface area (Å²) in [6, 6.07) is 11.7. The fourth-order valence-corrected chi connectivity index (χ4v) is 3.46. The molecule has 0 saturated heterocycles. The first-order valence-corrected chi connectivity index (χ1v) is 8.36. The van der Waals surface area contributed by atoms with Crippen LogP contribution in [0.2, 0.25) is 0 Å². The average molecular weight is 355 g/mol. The summed E-state index contributed by atoms with van der Waals surface area (Å²) in [7, 11) is 3.06. The smallest absolute Gasteiger partial charge is 0.331 e. The summed E-state index contributed by atoms with van der Waals surface area (Å²) in [4.78, 5) is 26.3. The number of rotatable bonds is 5. The summed E-state index contributed by atoms with van der Waals surface area (Å²) in [5, 5.41) is 9.73. The van der Waals surface area contributed by atoms with E-state index < -0.39 is 12.0 Å².